The highest BCUT2D eigenvalue weighted by molar-refractivity contribution is 7.80. The van der Waals surface area contributed by atoms with Crippen molar-refractivity contribution in [2.45, 2.75) is 13.8 Å². The van der Waals surface area contributed by atoms with E-state index in [4.69, 9.17) is 26.4 Å². The summed E-state index contributed by atoms with van der Waals surface area (Å²) in [5.74, 6) is 0.418. The van der Waals surface area contributed by atoms with Gasteiger partial charge in [-0.05, 0) is 32.1 Å². The zero-order valence-corrected chi connectivity index (χ0v) is 17.5. The molecule has 0 amide bonds. The first kappa shape index (κ1) is 22.8. The molecule has 1 aromatic rings. The summed E-state index contributed by atoms with van der Waals surface area (Å²) in [6, 6.07) is 3.02. The topological polar surface area (TPSA) is 110 Å². The molecule has 1 fully saturated rings. The maximum absolute atomic E-state index is 11.4. The maximum atomic E-state index is 11.4. The summed E-state index contributed by atoms with van der Waals surface area (Å²) in [6.07, 6.45) is 1.45. The first-order valence-electron chi connectivity index (χ1n) is 9.50. The summed E-state index contributed by atoms with van der Waals surface area (Å²) in [6.45, 7) is 9.08. The molecule has 0 atom stereocenters. The van der Waals surface area contributed by atoms with Gasteiger partial charge >= 0.3 is 5.69 Å². The molecule has 0 aromatic heterocycles. The number of ether oxygens (including phenoxy) is 3. The molecule has 2 rings (SSSR count). The van der Waals surface area contributed by atoms with Crippen LogP contribution >= 0.6 is 12.2 Å². The molecule has 1 heterocycles. The van der Waals surface area contributed by atoms with Crippen LogP contribution in [0.5, 0.6) is 11.5 Å². The third-order valence-corrected chi connectivity index (χ3v) is 4.28. The molecule has 0 aliphatic carbocycles. The molecule has 2 N–H and O–H groups in total. The molecule has 10 nitrogen and oxygen atoms in total. The van der Waals surface area contributed by atoms with Crippen molar-refractivity contribution in [3.63, 3.8) is 0 Å². The van der Waals surface area contributed by atoms with Crippen molar-refractivity contribution in [1.82, 2.24) is 15.6 Å². The van der Waals surface area contributed by atoms with Crippen molar-refractivity contribution in [2.24, 2.45) is 5.10 Å². The molecule has 0 saturated carbocycles. The zero-order valence-electron chi connectivity index (χ0n) is 16.7. The predicted octanol–water partition coefficient (Wildman–Crippen LogP) is 1.52. The number of rotatable bonds is 10. The van der Waals surface area contributed by atoms with Gasteiger partial charge in [-0.2, -0.15) is 5.10 Å². The molecular weight excluding hydrogens is 398 g/mol. The van der Waals surface area contributed by atoms with Crippen molar-refractivity contribution in [3.8, 4) is 11.5 Å². The second-order valence-corrected chi connectivity index (χ2v) is 6.48. The van der Waals surface area contributed by atoms with Gasteiger partial charge in [0.25, 0.3) is 0 Å². The van der Waals surface area contributed by atoms with Gasteiger partial charge in [-0.25, -0.2) is 0 Å². The van der Waals surface area contributed by atoms with Crippen LogP contribution in [0.1, 0.15) is 19.4 Å². The number of nitrogens with zero attached hydrogens (tertiary/aromatic N) is 3. The van der Waals surface area contributed by atoms with Gasteiger partial charge in [0.05, 0.1) is 37.6 Å². The van der Waals surface area contributed by atoms with Gasteiger partial charge in [-0.15, -0.1) is 0 Å². The summed E-state index contributed by atoms with van der Waals surface area (Å²) in [5, 5.41) is 18.9. The number of hydrazone groups is 1. The smallest absolute Gasteiger partial charge is 0.315 e. The normalized spacial score (nSPS) is 14.6. The number of nitro groups is 1. The Bertz CT molecular complexity index is 725. The van der Waals surface area contributed by atoms with Gasteiger partial charge in [-0.1, -0.05) is 0 Å². The molecule has 1 aromatic carbocycles. The van der Waals surface area contributed by atoms with E-state index in [1.165, 1.54) is 12.3 Å². The van der Waals surface area contributed by atoms with E-state index in [1.54, 1.807) is 19.9 Å². The molecule has 1 saturated heterocycles. The Morgan fingerprint density at radius 3 is 2.72 bits per heavy atom. The molecule has 0 spiro atoms. The van der Waals surface area contributed by atoms with E-state index in [1.807, 2.05) is 0 Å². The van der Waals surface area contributed by atoms with E-state index >= 15 is 0 Å². The van der Waals surface area contributed by atoms with Crippen LogP contribution in [0.25, 0.3) is 0 Å². The number of benzene rings is 1. The van der Waals surface area contributed by atoms with Crippen LogP contribution in [-0.2, 0) is 4.74 Å². The Labute approximate surface area is 175 Å². The number of hydrogen-bond donors (Lipinski definition) is 2. The van der Waals surface area contributed by atoms with E-state index in [2.05, 4.69) is 20.7 Å². The number of nitrogens with one attached hydrogen (secondary N) is 2. The Hall–Kier alpha value is -2.50. The van der Waals surface area contributed by atoms with Crippen LogP contribution < -0.4 is 20.2 Å². The molecule has 160 valence electrons. The SMILES string of the molecule is CCOc1cc(/C=N/NC(=S)NCCN2CCOCC2)cc([N+](=O)[O-])c1OCC. The highest BCUT2D eigenvalue weighted by atomic mass is 32.1. The lowest BCUT2D eigenvalue weighted by Crippen LogP contribution is -2.42. The summed E-state index contributed by atoms with van der Waals surface area (Å²) in [7, 11) is 0. The van der Waals surface area contributed by atoms with Gasteiger partial charge < -0.3 is 19.5 Å². The summed E-state index contributed by atoms with van der Waals surface area (Å²) in [5.41, 5.74) is 3.03. The minimum absolute atomic E-state index is 0.116. The number of thiocarbonyl (C=S) groups is 1. The molecule has 1 aliphatic rings. The summed E-state index contributed by atoms with van der Waals surface area (Å²) >= 11 is 5.19. The van der Waals surface area contributed by atoms with E-state index in [9.17, 15) is 10.1 Å². The average molecular weight is 426 g/mol. The number of hydrogen-bond acceptors (Lipinski definition) is 8. The van der Waals surface area contributed by atoms with Crippen LogP contribution in [0.2, 0.25) is 0 Å². The van der Waals surface area contributed by atoms with E-state index in [0.717, 1.165) is 32.8 Å². The molecule has 0 unspecified atom stereocenters. The van der Waals surface area contributed by atoms with Crippen LogP contribution in [0.15, 0.2) is 17.2 Å². The van der Waals surface area contributed by atoms with E-state index in [-0.39, 0.29) is 11.4 Å². The summed E-state index contributed by atoms with van der Waals surface area (Å²) < 4.78 is 16.2. The molecule has 11 heteroatoms. The molecule has 0 radical (unpaired) electrons. The minimum atomic E-state index is -0.504. The third-order valence-electron chi connectivity index (χ3n) is 4.04. The average Bonchev–Trinajstić information content (AvgIpc) is 2.70. The van der Waals surface area contributed by atoms with Crippen molar-refractivity contribution in [2.75, 3.05) is 52.6 Å². The second kappa shape index (κ2) is 12.1. The highest BCUT2D eigenvalue weighted by Gasteiger charge is 2.22. The zero-order chi connectivity index (χ0) is 21.1. The highest BCUT2D eigenvalue weighted by Crippen LogP contribution is 2.38. The fourth-order valence-corrected chi connectivity index (χ4v) is 2.88. The van der Waals surface area contributed by atoms with Crippen molar-refractivity contribution in [3.05, 3.63) is 27.8 Å². The molecular formula is C18H27N5O5S. The van der Waals surface area contributed by atoms with Gasteiger partial charge in [0, 0.05) is 37.8 Å². The van der Waals surface area contributed by atoms with Crippen molar-refractivity contribution >= 4 is 29.2 Å². The Morgan fingerprint density at radius 1 is 1.34 bits per heavy atom. The van der Waals surface area contributed by atoms with Crippen LogP contribution in [0.4, 0.5) is 5.69 Å². The van der Waals surface area contributed by atoms with Crippen molar-refractivity contribution < 1.29 is 19.1 Å². The lowest BCUT2D eigenvalue weighted by molar-refractivity contribution is -0.385. The second-order valence-electron chi connectivity index (χ2n) is 6.07. The largest absolute Gasteiger partial charge is 0.490 e. The predicted molar refractivity (Wildman–Crippen MR) is 114 cm³/mol. The van der Waals surface area contributed by atoms with Crippen LogP contribution in [0.3, 0.4) is 0 Å². The monoisotopic (exact) mass is 425 g/mol. The Balaban J connectivity index is 1.94. The van der Waals surface area contributed by atoms with Gasteiger partial charge in [0.1, 0.15) is 0 Å². The summed E-state index contributed by atoms with van der Waals surface area (Å²) in [4.78, 5) is 13.2. The number of morpholine rings is 1. The Morgan fingerprint density at radius 2 is 2.07 bits per heavy atom. The fourth-order valence-electron chi connectivity index (χ4n) is 2.73. The lowest BCUT2D eigenvalue weighted by atomic mass is 10.2. The number of nitro benzene ring substituents is 1. The standard InChI is InChI=1S/C18H27N5O5S/c1-3-27-16-12-14(11-15(23(24)25)17(16)28-4-2)13-20-21-18(29)19-5-6-22-7-9-26-10-8-22/h11-13H,3-10H2,1-2H3,(H2,19,21,29)/b20-13+. The maximum Gasteiger partial charge on any atom is 0.315 e. The molecule has 29 heavy (non-hydrogen) atoms. The van der Waals surface area contributed by atoms with Crippen LogP contribution in [0, 0.1) is 10.1 Å². The molecule has 1 aliphatic heterocycles. The first-order valence-corrected chi connectivity index (χ1v) is 9.91. The van der Waals surface area contributed by atoms with Crippen molar-refractivity contribution in [1.29, 1.82) is 0 Å². The van der Waals surface area contributed by atoms with Gasteiger partial charge in [0.15, 0.2) is 10.9 Å². The minimum Gasteiger partial charge on any atom is -0.490 e. The first-order chi connectivity index (χ1) is 14.0. The van der Waals surface area contributed by atoms with Gasteiger partial charge in [-0.3, -0.25) is 20.4 Å². The van der Waals surface area contributed by atoms with E-state index < -0.39 is 4.92 Å². The van der Waals surface area contributed by atoms with Gasteiger partial charge in [0.2, 0.25) is 5.75 Å². The molecule has 0 bridgehead atoms. The fraction of sp³-hybridized carbons (Fsp3) is 0.556. The lowest BCUT2D eigenvalue weighted by Gasteiger charge is -2.26. The van der Waals surface area contributed by atoms with E-state index in [0.29, 0.717) is 36.2 Å². The quantitative estimate of drug-likeness (QED) is 0.249. The third kappa shape index (κ3) is 7.44. The Kier molecular flexibility index (Phi) is 9.54. The van der Waals surface area contributed by atoms with Crippen LogP contribution in [-0.4, -0.2) is 73.8 Å².